The monoisotopic (exact) mass is 231 g/mol. The fourth-order valence-electron chi connectivity index (χ4n) is 1.19. The lowest BCUT2D eigenvalue weighted by molar-refractivity contribution is -0.144. The third kappa shape index (κ3) is 1.58. The predicted octanol–water partition coefficient (Wildman–Crippen LogP) is 1.45. The molecule has 5 nitrogen and oxygen atoms in total. The van der Waals surface area contributed by atoms with Crippen LogP contribution < -0.4 is 0 Å². The zero-order valence-corrected chi connectivity index (χ0v) is 7.56. The third-order valence-corrected chi connectivity index (χ3v) is 1.83. The number of halogens is 3. The minimum absolute atomic E-state index is 0.160. The first-order valence-corrected chi connectivity index (χ1v) is 4.06. The number of hydrogen-bond acceptors (Lipinski definition) is 3. The van der Waals surface area contributed by atoms with E-state index >= 15 is 0 Å². The van der Waals surface area contributed by atoms with Gasteiger partial charge in [0.25, 0.3) is 5.82 Å². The molecule has 8 heteroatoms. The number of aromatic carboxylic acids is 1. The number of carboxylic acids is 1. The Balaban J connectivity index is 2.71. The molecule has 0 fully saturated rings. The van der Waals surface area contributed by atoms with Crippen molar-refractivity contribution in [3.63, 3.8) is 0 Å². The Morgan fingerprint density at radius 3 is 2.62 bits per heavy atom. The van der Waals surface area contributed by atoms with Gasteiger partial charge < -0.3 is 5.11 Å². The van der Waals surface area contributed by atoms with Gasteiger partial charge in [-0.2, -0.15) is 13.2 Å². The van der Waals surface area contributed by atoms with E-state index in [9.17, 15) is 18.0 Å². The summed E-state index contributed by atoms with van der Waals surface area (Å²) in [6.07, 6.45) is -4.69. The molecule has 16 heavy (non-hydrogen) atoms. The fraction of sp³-hybridized carbons (Fsp3) is 0.125. The SMILES string of the molecule is O=C(O)c1cccc2nc(C(F)(F)F)nn12. The van der Waals surface area contributed by atoms with Crippen LogP contribution in [0.4, 0.5) is 13.2 Å². The van der Waals surface area contributed by atoms with Crippen molar-refractivity contribution in [3.05, 3.63) is 29.7 Å². The highest BCUT2D eigenvalue weighted by Gasteiger charge is 2.36. The molecule has 2 aromatic heterocycles. The molecule has 0 unspecified atom stereocenters. The summed E-state index contributed by atoms with van der Waals surface area (Å²) >= 11 is 0. The van der Waals surface area contributed by atoms with Gasteiger partial charge in [0.2, 0.25) is 0 Å². The van der Waals surface area contributed by atoms with Gasteiger partial charge in [0.15, 0.2) is 11.3 Å². The smallest absolute Gasteiger partial charge is 0.453 e. The van der Waals surface area contributed by atoms with Crippen LogP contribution in [0, 0.1) is 0 Å². The van der Waals surface area contributed by atoms with Crippen LogP contribution in [-0.2, 0) is 6.18 Å². The van der Waals surface area contributed by atoms with Crippen LogP contribution in [0.15, 0.2) is 18.2 Å². The second-order valence-corrected chi connectivity index (χ2v) is 2.92. The first-order chi connectivity index (χ1) is 7.39. The van der Waals surface area contributed by atoms with Gasteiger partial charge in [-0.1, -0.05) is 6.07 Å². The fourth-order valence-corrected chi connectivity index (χ4v) is 1.19. The summed E-state index contributed by atoms with van der Waals surface area (Å²) in [5.74, 6) is -2.73. The minimum atomic E-state index is -4.69. The predicted molar refractivity (Wildman–Crippen MR) is 44.9 cm³/mol. The molecule has 0 spiro atoms. The van der Waals surface area contributed by atoms with Crippen molar-refractivity contribution < 1.29 is 23.1 Å². The number of nitrogens with zero attached hydrogens (tertiary/aromatic N) is 3. The first-order valence-electron chi connectivity index (χ1n) is 4.06. The molecule has 2 aromatic rings. The highest BCUT2D eigenvalue weighted by atomic mass is 19.4. The van der Waals surface area contributed by atoms with E-state index in [-0.39, 0.29) is 11.3 Å². The van der Waals surface area contributed by atoms with E-state index in [4.69, 9.17) is 5.11 Å². The van der Waals surface area contributed by atoms with Crippen molar-refractivity contribution >= 4 is 11.6 Å². The van der Waals surface area contributed by atoms with Crippen molar-refractivity contribution in [3.8, 4) is 0 Å². The average molecular weight is 231 g/mol. The van der Waals surface area contributed by atoms with Gasteiger partial charge in [-0.15, -0.1) is 5.10 Å². The number of hydrogen-bond donors (Lipinski definition) is 1. The normalized spacial score (nSPS) is 11.9. The maximum atomic E-state index is 12.3. The maximum Gasteiger partial charge on any atom is 0.453 e. The molecule has 0 aliphatic carbocycles. The molecule has 0 saturated carbocycles. The number of aromatic nitrogens is 3. The van der Waals surface area contributed by atoms with Crippen LogP contribution in [0.5, 0.6) is 0 Å². The Morgan fingerprint density at radius 1 is 1.38 bits per heavy atom. The summed E-state index contributed by atoms with van der Waals surface area (Å²) in [5.41, 5.74) is -0.535. The van der Waals surface area contributed by atoms with Crippen LogP contribution in [0.2, 0.25) is 0 Å². The first kappa shape index (κ1) is 10.4. The van der Waals surface area contributed by atoms with E-state index in [1.54, 1.807) is 0 Å². The van der Waals surface area contributed by atoms with E-state index in [2.05, 4.69) is 10.1 Å². The molecule has 0 bridgehead atoms. The largest absolute Gasteiger partial charge is 0.477 e. The number of rotatable bonds is 1. The number of carbonyl (C=O) groups is 1. The molecular weight excluding hydrogens is 227 g/mol. The summed E-state index contributed by atoms with van der Waals surface area (Å²) in [7, 11) is 0. The van der Waals surface area contributed by atoms with Crippen LogP contribution in [0.25, 0.3) is 5.65 Å². The van der Waals surface area contributed by atoms with E-state index in [1.165, 1.54) is 12.1 Å². The standard InChI is InChI=1S/C8H4F3N3O2/c9-8(10,11)7-12-5-3-1-2-4(6(15)16)14(5)13-7/h1-3H,(H,15,16). The number of carboxylic acid groups (broad SMARTS) is 1. The lowest BCUT2D eigenvalue weighted by Crippen LogP contribution is -2.09. The molecule has 0 aromatic carbocycles. The Hall–Kier alpha value is -2.12. The maximum absolute atomic E-state index is 12.3. The van der Waals surface area contributed by atoms with Gasteiger partial charge in [0.1, 0.15) is 0 Å². The highest BCUT2D eigenvalue weighted by Crippen LogP contribution is 2.26. The highest BCUT2D eigenvalue weighted by molar-refractivity contribution is 5.86. The zero-order valence-electron chi connectivity index (χ0n) is 7.56. The summed E-state index contributed by atoms with van der Waals surface area (Å²) in [6.45, 7) is 0. The van der Waals surface area contributed by atoms with Crippen molar-refractivity contribution in [2.75, 3.05) is 0 Å². The third-order valence-electron chi connectivity index (χ3n) is 1.83. The Kier molecular flexibility index (Phi) is 2.07. The van der Waals surface area contributed by atoms with Crippen LogP contribution in [0.3, 0.4) is 0 Å². The van der Waals surface area contributed by atoms with Gasteiger partial charge in [0, 0.05) is 0 Å². The lowest BCUT2D eigenvalue weighted by atomic mass is 10.3. The molecule has 0 radical (unpaired) electrons. The summed E-state index contributed by atoms with van der Waals surface area (Å²) in [6, 6.07) is 3.69. The molecule has 0 aliphatic rings. The quantitative estimate of drug-likeness (QED) is 0.806. The Morgan fingerprint density at radius 2 is 2.06 bits per heavy atom. The van der Waals surface area contributed by atoms with E-state index in [0.717, 1.165) is 6.07 Å². The zero-order chi connectivity index (χ0) is 11.9. The molecule has 0 aliphatic heterocycles. The van der Waals surface area contributed by atoms with Crippen LogP contribution in [0.1, 0.15) is 16.3 Å². The van der Waals surface area contributed by atoms with Crippen LogP contribution in [-0.4, -0.2) is 25.7 Å². The van der Waals surface area contributed by atoms with Crippen molar-refractivity contribution in [1.82, 2.24) is 14.6 Å². The summed E-state index contributed by atoms with van der Waals surface area (Å²) < 4.78 is 37.5. The molecule has 0 saturated heterocycles. The summed E-state index contributed by atoms with van der Waals surface area (Å²) in [4.78, 5) is 13.9. The van der Waals surface area contributed by atoms with Gasteiger partial charge >= 0.3 is 12.1 Å². The van der Waals surface area contributed by atoms with E-state index in [1.807, 2.05) is 0 Å². The number of fused-ring (bicyclic) bond motifs is 1. The van der Waals surface area contributed by atoms with Gasteiger partial charge in [-0.3, -0.25) is 0 Å². The summed E-state index contributed by atoms with van der Waals surface area (Å²) in [5, 5.41) is 11.8. The average Bonchev–Trinajstić information content (AvgIpc) is 2.59. The lowest BCUT2D eigenvalue weighted by Gasteiger charge is -1.98. The van der Waals surface area contributed by atoms with E-state index < -0.39 is 18.0 Å². The van der Waals surface area contributed by atoms with Gasteiger partial charge in [-0.05, 0) is 12.1 Å². The molecule has 84 valence electrons. The van der Waals surface area contributed by atoms with Gasteiger partial charge in [0.05, 0.1) is 0 Å². The Bertz CT molecular complexity index is 561. The molecule has 2 heterocycles. The van der Waals surface area contributed by atoms with Gasteiger partial charge in [-0.25, -0.2) is 14.3 Å². The van der Waals surface area contributed by atoms with Crippen molar-refractivity contribution in [2.45, 2.75) is 6.18 Å². The molecule has 1 N–H and O–H groups in total. The Labute approximate surface area is 86.1 Å². The second kappa shape index (κ2) is 3.19. The second-order valence-electron chi connectivity index (χ2n) is 2.92. The van der Waals surface area contributed by atoms with Crippen LogP contribution >= 0.6 is 0 Å². The number of pyridine rings is 1. The van der Waals surface area contributed by atoms with Crippen molar-refractivity contribution in [2.24, 2.45) is 0 Å². The molecule has 2 rings (SSSR count). The van der Waals surface area contributed by atoms with Crippen molar-refractivity contribution in [1.29, 1.82) is 0 Å². The molecule has 0 amide bonds. The topological polar surface area (TPSA) is 67.5 Å². The number of alkyl halides is 3. The molecular formula is C8H4F3N3O2. The minimum Gasteiger partial charge on any atom is -0.477 e. The van der Waals surface area contributed by atoms with E-state index in [0.29, 0.717) is 4.52 Å². The molecule has 0 atom stereocenters.